The van der Waals surface area contributed by atoms with E-state index in [0.29, 0.717) is 11.3 Å². The Balaban J connectivity index is 1.40. The zero-order valence-corrected chi connectivity index (χ0v) is 25.4. The second kappa shape index (κ2) is 13.5. The monoisotopic (exact) mass is 645 g/mol. The predicted octanol–water partition coefficient (Wildman–Crippen LogP) is 4.41. The maximum atomic E-state index is 13.3. The molecule has 0 saturated heterocycles. The number of hydrogen-bond donors (Lipinski definition) is 3. The Morgan fingerprint density at radius 2 is 1.73 bits per heavy atom. The summed E-state index contributed by atoms with van der Waals surface area (Å²) < 4.78 is 10.7. The molecule has 3 aromatic rings. The highest BCUT2D eigenvalue weighted by Gasteiger charge is 2.46. The normalized spacial score (nSPS) is 17.4. The van der Waals surface area contributed by atoms with E-state index in [1.165, 1.54) is 25.1 Å². The number of furan rings is 1. The molecular weight excluding hydrogens is 617 g/mol. The summed E-state index contributed by atoms with van der Waals surface area (Å²) in [5.74, 6) is -4.65. The first-order valence-corrected chi connectivity index (χ1v) is 14.3. The van der Waals surface area contributed by atoms with E-state index in [2.05, 4.69) is 15.8 Å². The number of carbonyl (C=O) groups excluding carboxylic acids is 4. The number of halogens is 2. The molecule has 1 aliphatic rings. The van der Waals surface area contributed by atoms with Crippen LogP contribution in [0, 0.1) is 5.92 Å². The molecule has 1 aromatic heterocycles. The number of benzene rings is 2. The summed E-state index contributed by atoms with van der Waals surface area (Å²) in [6.07, 6.45) is -0.864. The molecule has 3 atom stereocenters. The minimum Gasteiger partial charge on any atom is -0.481 e. The number of nitrogens with zero attached hydrogens (tertiary/aromatic N) is 1. The number of Topliss-reactive ketones (excluding diaryl/α,β-unsaturated/α-hetero) is 1. The van der Waals surface area contributed by atoms with Gasteiger partial charge in [-0.15, -0.1) is 0 Å². The Kier molecular flexibility index (Phi) is 9.95. The van der Waals surface area contributed by atoms with Crippen molar-refractivity contribution in [3.05, 3.63) is 69.9 Å². The summed E-state index contributed by atoms with van der Waals surface area (Å²) in [4.78, 5) is 68.6. The standard InChI is InChI=1S/C30H29Cl2N3O9/c1-15(2)26(34-27(39)23-11-16-7-4-5-10-22(16)43-23)20-13-30(3,44-35-20)29(41)33-19(12-24(37)38)21(36)14-42-28(40)25-17(31)8-6-9-18(25)32/h4-11,15,19,26H,12-14H2,1-3H3,(H,33,41)(H,34,39)(H,37,38)/t19-,26?,30?/m0/s1. The van der Waals surface area contributed by atoms with Crippen LogP contribution in [0.4, 0.5) is 0 Å². The fourth-order valence-corrected chi connectivity index (χ4v) is 5.08. The molecule has 2 amide bonds. The summed E-state index contributed by atoms with van der Waals surface area (Å²) in [5.41, 5.74) is -0.886. The molecule has 2 heterocycles. The summed E-state index contributed by atoms with van der Waals surface area (Å²) >= 11 is 12.0. The first-order chi connectivity index (χ1) is 20.8. The SMILES string of the molecule is CC(C)C(NC(=O)c1cc2ccccc2o1)C1=NOC(C)(C(=O)N[C@@H](CC(=O)O)C(=O)COC(=O)c2c(Cl)cccc2Cl)C1. The fraction of sp³-hybridized carbons (Fsp3) is 0.333. The molecule has 12 nitrogen and oxygen atoms in total. The van der Waals surface area contributed by atoms with Gasteiger partial charge in [0.25, 0.3) is 11.8 Å². The van der Waals surface area contributed by atoms with E-state index in [-0.39, 0.29) is 33.7 Å². The maximum absolute atomic E-state index is 13.3. The van der Waals surface area contributed by atoms with E-state index < -0.39 is 60.2 Å². The third-order valence-corrected chi connectivity index (χ3v) is 7.54. The van der Waals surface area contributed by atoms with E-state index in [1.807, 2.05) is 26.0 Å². The molecular formula is C30H29Cl2N3O9. The molecule has 3 N–H and O–H groups in total. The van der Waals surface area contributed by atoms with Crippen molar-refractivity contribution < 1.29 is 43.1 Å². The van der Waals surface area contributed by atoms with Crippen molar-refractivity contribution in [2.75, 3.05) is 6.61 Å². The molecule has 0 aliphatic carbocycles. The van der Waals surface area contributed by atoms with Crippen LogP contribution in [0.5, 0.6) is 0 Å². The fourth-order valence-electron chi connectivity index (χ4n) is 4.53. The van der Waals surface area contributed by atoms with Crippen LogP contribution in [0.1, 0.15) is 54.5 Å². The number of oxime groups is 1. The van der Waals surface area contributed by atoms with Crippen LogP contribution < -0.4 is 10.6 Å². The van der Waals surface area contributed by atoms with Gasteiger partial charge in [0.1, 0.15) is 11.6 Å². The number of carbonyl (C=O) groups is 5. The van der Waals surface area contributed by atoms with Gasteiger partial charge in [0.05, 0.1) is 33.8 Å². The second-order valence-electron chi connectivity index (χ2n) is 10.7. The highest BCUT2D eigenvalue weighted by atomic mass is 35.5. The third kappa shape index (κ3) is 7.37. The zero-order valence-electron chi connectivity index (χ0n) is 23.9. The number of amides is 2. The molecule has 14 heteroatoms. The van der Waals surface area contributed by atoms with Crippen LogP contribution in [0.3, 0.4) is 0 Å². The van der Waals surface area contributed by atoms with Crippen LogP contribution in [0.25, 0.3) is 11.0 Å². The highest BCUT2D eigenvalue weighted by molar-refractivity contribution is 6.39. The molecule has 4 rings (SSSR count). The lowest BCUT2D eigenvalue weighted by atomic mass is 9.90. The number of esters is 1. The number of carboxylic acids is 1. The molecule has 2 unspecified atom stereocenters. The first-order valence-electron chi connectivity index (χ1n) is 13.5. The number of aliphatic carboxylic acids is 1. The quantitative estimate of drug-likeness (QED) is 0.241. The highest BCUT2D eigenvalue weighted by Crippen LogP contribution is 2.28. The van der Waals surface area contributed by atoms with Crippen molar-refractivity contribution in [3.63, 3.8) is 0 Å². The van der Waals surface area contributed by atoms with Crippen molar-refractivity contribution >= 4 is 69.4 Å². The number of ketones is 1. The lowest BCUT2D eigenvalue weighted by Gasteiger charge is -2.25. The van der Waals surface area contributed by atoms with E-state index in [1.54, 1.807) is 18.2 Å². The van der Waals surface area contributed by atoms with Gasteiger partial charge in [0.2, 0.25) is 5.60 Å². The van der Waals surface area contributed by atoms with Gasteiger partial charge < -0.3 is 29.7 Å². The molecule has 1 aliphatic heterocycles. The van der Waals surface area contributed by atoms with Gasteiger partial charge in [-0.1, -0.05) is 66.5 Å². The Morgan fingerprint density at radius 3 is 2.36 bits per heavy atom. The number of rotatable bonds is 12. The smallest absolute Gasteiger partial charge is 0.341 e. The summed E-state index contributed by atoms with van der Waals surface area (Å²) in [7, 11) is 0. The number of carboxylic acid groups (broad SMARTS) is 1. The van der Waals surface area contributed by atoms with Gasteiger partial charge in [-0.25, -0.2) is 4.79 Å². The zero-order chi connectivity index (χ0) is 32.2. The van der Waals surface area contributed by atoms with Crippen molar-refractivity contribution in [2.45, 2.75) is 51.3 Å². The van der Waals surface area contributed by atoms with Gasteiger partial charge in [-0.05, 0) is 37.1 Å². The summed E-state index contributed by atoms with van der Waals surface area (Å²) in [5, 5.41) is 19.4. The van der Waals surface area contributed by atoms with Crippen LogP contribution >= 0.6 is 23.2 Å². The molecule has 0 bridgehead atoms. The summed E-state index contributed by atoms with van der Waals surface area (Å²) in [6, 6.07) is 10.9. The molecule has 0 spiro atoms. The molecule has 2 aromatic carbocycles. The molecule has 44 heavy (non-hydrogen) atoms. The van der Waals surface area contributed by atoms with Crippen molar-refractivity contribution in [3.8, 4) is 0 Å². The van der Waals surface area contributed by atoms with E-state index in [4.69, 9.17) is 37.2 Å². The van der Waals surface area contributed by atoms with Crippen LogP contribution in [-0.2, 0) is 24.0 Å². The average Bonchev–Trinajstić information content (AvgIpc) is 3.58. The average molecular weight is 646 g/mol. The largest absolute Gasteiger partial charge is 0.481 e. The predicted molar refractivity (Wildman–Crippen MR) is 160 cm³/mol. The molecule has 0 saturated carbocycles. The van der Waals surface area contributed by atoms with Gasteiger partial charge in [-0.2, -0.15) is 0 Å². The van der Waals surface area contributed by atoms with Crippen molar-refractivity contribution in [1.82, 2.24) is 10.6 Å². The van der Waals surface area contributed by atoms with Gasteiger partial charge in [-0.3, -0.25) is 19.2 Å². The van der Waals surface area contributed by atoms with E-state index >= 15 is 0 Å². The van der Waals surface area contributed by atoms with Gasteiger partial charge in [0.15, 0.2) is 18.2 Å². The Bertz CT molecular complexity index is 1600. The Hall–Kier alpha value is -4.42. The van der Waals surface area contributed by atoms with Gasteiger partial charge in [0, 0.05) is 11.8 Å². The molecule has 0 radical (unpaired) electrons. The molecule has 232 valence electrons. The number of ether oxygens (including phenoxy) is 1. The van der Waals surface area contributed by atoms with E-state index in [0.717, 1.165) is 5.39 Å². The number of para-hydroxylation sites is 1. The number of nitrogens with one attached hydrogen (secondary N) is 2. The van der Waals surface area contributed by atoms with Crippen molar-refractivity contribution in [2.24, 2.45) is 11.1 Å². The van der Waals surface area contributed by atoms with Crippen LogP contribution in [-0.4, -0.2) is 64.6 Å². The third-order valence-electron chi connectivity index (χ3n) is 6.91. The topological polar surface area (TPSA) is 174 Å². The van der Waals surface area contributed by atoms with Crippen LogP contribution in [0.15, 0.2) is 58.1 Å². The van der Waals surface area contributed by atoms with E-state index in [9.17, 15) is 29.1 Å². The maximum Gasteiger partial charge on any atom is 0.341 e. The van der Waals surface area contributed by atoms with Crippen LogP contribution in [0.2, 0.25) is 10.0 Å². The summed E-state index contributed by atoms with van der Waals surface area (Å²) in [6.45, 7) is 4.25. The first kappa shape index (κ1) is 32.5. The Labute approximate surface area is 261 Å². The lowest BCUT2D eigenvalue weighted by Crippen LogP contribution is -2.53. The second-order valence-corrected chi connectivity index (χ2v) is 11.5. The van der Waals surface area contributed by atoms with Crippen molar-refractivity contribution in [1.29, 1.82) is 0 Å². The number of hydrogen-bond acceptors (Lipinski definition) is 9. The molecule has 0 fully saturated rings. The minimum absolute atomic E-state index is 0.000860. The number of fused-ring (bicyclic) bond motifs is 1. The minimum atomic E-state index is -1.63. The van der Waals surface area contributed by atoms with Gasteiger partial charge >= 0.3 is 11.9 Å². The Morgan fingerprint density at radius 1 is 1.05 bits per heavy atom. The lowest BCUT2D eigenvalue weighted by molar-refractivity contribution is -0.146.